The van der Waals surface area contributed by atoms with Crippen LogP contribution in [0.15, 0.2) is 35.5 Å². The highest BCUT2D eigenvalue weighted by Crippen LogP contribution is 2.60. The van der Waals surface area contributed by atoms with Gasteiger partial charge in [-0.2, -0.15) is 0 Å². The zero-order chi connectivity index (χ0) is 23.0. The molecule has 0 saturated heterocycles. The van der Waals surface area contributed by atoms with E-state index in [9.17, 15) is 20.4 Å². The first kappa shape index (κ1) is 24.7. The van der Waals surface area contributed by atoms with Crippen molar-refractivity contribution in [3.8, 4) is 0 Å². The third kappa shape index (κ3) is 5.71. The molecule has 0 aromatic rings. The number of hydrogen-bond donors (Lipinski definition) is 4. The Bertz CT molecular complexity index is 715. The Morgan fingerprint density at radius 3 is 2.61 bits per heavy atom. The number of rotatable bonds is 6. The number of aliphatic hydroxyl groups is 4. The lowest BCUT2D eigenvalue weighted by Gasteiger charge is -2.44. The van der Waals surface area contributed by atoms with E-state index in [1.807, 2.05) is 0 Å². The second-order valence-electron chi connectivity index (χ2n) is 11.5. The molecular weight excluding hydrogens is 388 g/mol. The van der Waals surface area contributed by atoms with E-state index in [2.05, 4.69) is 32.6 Å². The average Bonchev–Trinajstić information content (AvgIpc) is 2.99. The summed E-state index contributed by atoms with van der Waals surface area (Å²) in [6.45, 7) is 12.3. The standard InChI is InChI=1S/C27H44O4/c1-17(13-22(29)16-26(3,4)31)23-10-11-24-19(7-6-12-27(23,24)5)8-9-20-14-21(28)15-25(30)18(20)2/h8-9,17,21-25,28-31H,2,6-7,10-16H2,1,3-5H3/b19-8?,20-9-/t17-,21-,22-,23-,24?,25-,27-/m1/s1. The van der Waals surface area contributed by atoms with E-state index in [0.717, 1.165) is 24.0 Å². The summed E-state index contributed by atoms with van der Waals surface area (Å²) < 4.78 is 0. The van der Waals surface area contributed by atoms with Gasteiger partial charge >= 0.3 is 0 Å². The smallest absolute Gasteiger partial charge is 0.0811 e. The van der Waals surface area contributed by atoms with E-state index >= 15 is 0 Å². The van der Waals surface area contributed by atoms with E-state index in [1.54, 1.807) is 13.8 Å². The molecule has 0 amide bonds. The second-order valence-corrected chi connectivity index (χ2v) is 11.5. The number of fused-ring (bicyclic) bond motifs is 1. The summed E-state index contributed by atoms with van der Waals surface area (Å²) >= 11 is 0. The average molecular weight is 433 g/mol. The maximum Gasteiger partial charge on any atom is 0.0811 e. The molecule has 3 aliphatic rings. The van der Waals surface area contributed by atoms with Gasteiger partial charge in [-0.1, -0.05) is 38.2 Å². The molecule has 0 aliphatic heterocycles. The summed E-state index contributed by atoms with van der Waals surface area (Å²) in [7, 11) is 0. The fourth-order valence-corrected chi connectivity index (χ4v) is 6.93. The van der Waals surface area contributed by atoms with Gasteiger partial charge in [0.15, 0.2) is 0 Å². The quantitative estimate of drug-likeness (QED) is 0.491. The van der Waals surface area contributed by atoms with Crippen molar-refractivity contribution < 1.29 is 20.4 Å². The van der Waals surface area contributed by atoms with E-state index in [-0.39, 0.29) is 5.41 Å². The maximum atomic E-state index is 10.5. The zero-order valence-electron chi connectivity index (χ0n) is 20.0. The van der Waals surface area contributed by atoms with Gasteiger partial charge < -0.3 is 20.4 Å². The van der Waals surface area contributed by atoms with Crippen molar-refractivity contribution in [1.29, 1.82) is 0 Å². The number of aliphatic hydroxyl groups excluding tert-OH is 3. The van der Waals surface area contributed by atoms with Crippen LogP contribution in [-0.4, -0.2) is 44.3 Å². The van der Waals surface area contributed by atoms with Crippen LogP contribution >= 0.6 is 0 Å². The van der Waals surface area contributed by atoms with Crippen molar-refractivity contribution >= 4 is 0 Å². The zero-order valence-corrected chi connectivity index (χ0v) is 20.0. The fourth-order valence-electron chi connectivity index (χ4n) is 6.93. The van der Waals surface area contributed by atoms with Gasteiger partial charge in [-0.3, -0.25) is 0 Å². The minimum absolute atomic E-state index is 0.249. The minimum atomic E-state index is -0.834. The molecule has 176 valence electrons. The lowest BCUT2D eigenvalue weighted by molar-refractivity contribution is 0.000127. The van der Waals surface area contributed by atoms with E-state index in [0.29, 0.717) is 37.0 Å². The van der Waals surface area contributed by atoms with Crippen LogP contribution in [0.1, 0.15) is 85.5 Å². The Kier molecular flexibility index (Phi) is 7.57. The van der Waals surface area contributed by atoms with Crippen LogP contribution < -0.4 is 0 Å². The molecule has 3 rings (SSSR count). The van der Waals surface area contributed by atoms with Gasteiger partial charge in [0.25, 0.3) is 0 Å². The van der Waals surface area contributed by atoms with Crippen molar-refractivity contribution in [3.63, 3.8) is 0 Å². The first-order chi connectivity index (χ1) is 14.4. The van der Waals surface area contributed by atoms with Gasteiger partial charge in [-0.05, 0) is 93.1 Å². The van der Waals surface area contributed by atoms with Crippen LogP contribution in [0.5, 0.6) is 0 Å². The molecule has 0 aromatic carbocycles. The maximum absolute atomic E-state index is 10.5. The van der Waals surface area contributed by atoms with Crippen LogP contribution in [0.25, 0.3) is 0 Å². The molecular formula is C27H44O4. The summed E-state index contributed by atoms with van der Waals surface area (Å²) in [6, 6.07) is 0. The van der Waals surface area contributed by atoms with Crippen LogP contribution in [0.2, 0.25) is 0 Å². The van der Waals surface area contributed by atoms with Gasteiger partial charge in [0.2, 0.25) is 0 Å². The van der Waals surface area contributed by atoms with Crippen molar-refractivity contribution in [2.24, 2.45) is 23.2 Å². The third-order valence-corrected chi connectivity index (χ3v) is 8.37. The summed E-state index contributed by atoms with van der Waals surface area (Å²) in [6.07, 6.45) is 10.8. The van der Waals surface area contributed by atoms with E-state index in [4.69, 9.17) is 0 Å². The van der Waals surface area contributed by atoms with E-state index in [1.165, 1.54) is 31.3 Å². The monoisotopic (exact) mass is 432 g/mol. The lowest BCUT2D eigenvalue weighted by Crippen LogP contribution is -2.37. The molecule has 0 heterocycles. The Morgan fingerprint density at radius 2 is 1.94 bits per heavy atom. The predicted molar refractivity (Wildman–Crippen MR) is 125 cm³/mol. The summed E-state index contributed by atoms with van der Waals surface area (Å²) in [5.74, 6) is 1.57. The molecule has 31 heavy (non-hydrogen) atoms. The largest absolute Gasteiger partial charge is 0.393 e. The molecule has 0 aromatic heterocycles. The minimum Gasteiger partial charge on any atom is -0.393 e. The topological polar surface area (TPSA) is 80.9 Å². The van der Waals surface area contributed by atoms with Crippen LogP contribution in [0, 0.1) is 23.2 Å². The van der Waals surface area contributed by atoms with Crippen molar-refractivity contribution in [2.75, 3.05) is 0 Å². The molecule has 3 fully saturated rings. The van der Waals surface area contributed by atoms with Crippen LogP contribution in [0.4, 0.5) is 0 Å². The molecule has 4 N–H and O–H groups in total. The van der Waals surface area contributed by atoms with Crippen molar-refractivity contribution in [2.45, 2.75) is 109 Å². The van der Waals surface area contributed by atoms with Gasteiger partial charge in [-0.15, -0.1) is 0 Å². The first-order valence-electron chi connectivity index (χ1n) is 12.3. The number of hydrogen-bond acceptors (Lipinski definition) is 4. The Balaban J connectivity index is 1.72. The lowest BCUT2D eigenvalue weighted by atomic mass is 9.60. The predicted octanol–water partition coefficient (Wildman–Crippen LogP) is 4.68. The van der Waals surface area contributed by atoms with Gasteiger partial charge in [0, 0.05) is 12.8 Å². The molecule has 4 heteroatoms. The highest BCUT2D eigenvalue weighted by molar-refractivity contribution is 5.38. The molecule has 1 unspecified atom stereocenters. The molecule has 3 saturated carbocycles. The molecule has 0 radical (unpaired) electrons. The van der Waals surface area contributed by atoms with Crippen molar-refractivity contribution in [3.05, 3.63) is 35.5 Å². The highest BCUT2D eigenvalue weighted by atomic mass is 16.3. The van der Waals surface area contributed by atoms with Gasteiger partial charge in [-0.25, -0.2) is 0 Å². The first-order valence-corrected chi connectivity index (χ1v) is 12.3. The van der Waals surface area contributed by atoms with Gasteiger partial charge in [0.05, 0.1) is 23.9 Å². The normalized spacial score (nSPS) is 39.0. The van der Waals surface area contributed by atoms with Gasteiger partial charge in [0.1, 0.15) is 0 Å². The fraction of sp³-hybridized carbons (Fsp3) is 0.778. The SMILES string of the molecule is C=C1/C(=C\C=C2CCC[C@@]3(C)C2CC[C@@H]3[C@H](C)C[C@@H](O)CC(C)(C)O)C[C@@H](O)C[C@H]1O. The molecule has 0 spiro atoms. The summed E-state index contributed by atoms with van der Waals surface area (Å²) in [5.41, 5.74) is 2.64. The Hall–Kier alpha value is -0.940. The Morgan fingerprint density at radius 1 is 1.23 bits per heavy atom. The third-order valence-electron chi connectivity index (χ3n) is 8.37. The van der Waals surface area contributed by atoms with Crippen LogP contribution in [0.3, 0.4) is 0 Å². The molecule has 0 bridgehead atoms. The van der Waals surface area contributed by atoms with E-state index < -0.39 is 23.9 Å². The summed E-state index contributed by atoms with van der Waals surface area (Å²) in [4.78, 5) is 0. The van der Waals surface area contributed by atoms with Crippen LogP contribution in [-0.2, 0) is 0 Å². The van der Waals surface area contributed by atoms with Crippen molar-refractivity contribution in [1.82, 2.24) is 0 Å². The summed E-state index contributed by atoms with van der Waals surface area (Å²) in [5, 5.41) is 40.7. The number of allylic oxidation sites excluding steroid dienone is 3. The highest BCUT2D eigenvalue weighted by Gasteiger charge is 2.50. The Labute approximate surface area is 188 Å². The second kappa shape index (κ2) is 9.51. The molecule has 3 aliphatic carbocycles. The molecule has 4 nitrogen and oxygen atoms in total. The molecule has 7 atom stereocenters.